The molecule has 0 amide bonds. The molecule has 106 valence electrons. The zero-order chi connectivity index (χ0) is 13.9. The molecule has 3 aliphatic rings. The first-order valence-corrected chi connectivity index (χ1v) is 7.69. The molecule has 4 heterocycles. The van der Waals surface area contributed by atoms with Crippen LogP contribution in [0.25, 0.3) is 10.9 Å². The highest BCUT2D eigenvalue weighted by molar-refractivity contribution is 5.94. The second kappa shape index (κ2) is 4.26. The van der Waals surface area contributed by atoms with Crippen molar-refractivity contribution in [2.75, 3.05) is 24.6 Å². The zero-order valence-electron chi connectivity index (χ0n) is 12.3. The number of hydrogen-bond donors (Lipinski definition) is 1. The van der Waals surface area contributed by atoms with Crippen LogP contribution in [0.1, 0.15) is 42.7 Å². The molecule has 3 aliphatic heterocycles. The number of rotatable bonds is 2. The van der Waals surface area contributed by atoms with Crippen molar-refractivity contribution < 1.29 is 5.11 Å². The quantitative estimate of drug-likeness (QED) is 0.908. The topological polar surface area (TPSA) is 28.4 Å². The lowest BCUT2D eigenvalue weighted by Crippen LogP contribution is -2.39. The number of aliphatic hydroxyl groups is 1. The molecule has 1 atom stereocenters. The lowest BCUT2D eigenvalue weighted by molar-refractivity contribution is 0.273. The van der Waals surface area contributed by atoms with Gasteiger partial charge in [0.05, 0.1) is 5.52 Å². The van der Waals surface area contributed by atoms with Gasteiger partial charge in [0.25, 0.3) is 0 Å². The van der Waals surface area contributed by atoms with Gasteiger partial charge in [-0.25, -0.2) is 0 Å². The molecule has 1 aromatic heterocycles. The van der Waals surface area contributed by atoms with E-state index in [4.69, 9.17) is 0 Å². The summed E-state index contributed by atoms with van der Waals surface area (Å²) in [5.41, 5.74) is 4.17. The number of hydrogen-bond acceptors (Lipinski definition) is 2. The van der Waals surface area contributed by atoms with E-state index < -0.39 is 0 Å². The van der Waals surface area contributed by atoms with Crippen molar-refractivity contribution in [3.05, 3.63) is 29.3 Å². The maximum atomic E-state index is 9.54. The van der Waals surface area contributed by atoms with Crippen molar-refractivity contribution in [3.63, 3.8) is 0 Å². The summed E-state index contributed by atoms with van der Waals surface area (Å²) in [6.07, 6.45) is 2.60. The van der Waals surface area contributed by atoms with E-state index in [1.165, 1.54) is 48.2 Å². The molecular formula is C17H22N2O. The second-order valence-corrected chi connectivity index (χ2v) is 6.38. The predicted molar refractivity (Wildman–Crippen MR) is 82.6 cm³/mol. The van der Waals surface area contributed by atoms with Gasteiger partial charge in [0.1, 0.15) is 5.82 Å². The molecule has 1 N–H and O–H groups in total. The van der Waals surface area contributed by atoms with Crippen LogP contribution in [-0.2, 0) is 7.05 Å². The summed E-state index contributed by atoms with van der Waals surface area (Å²) >= 11 is 0. The Morgan fingerprint density at radius 3 is 2.75 bits per heavy atom. The van der Waals surface area contributed by atoms with E-state index in [2.05, 4.69) is 41.6 Å². The minimum Gasteiger partial charge on any atom is -0.396 e. The summed E-state index contributed by atoms with van der Waals surface area (Å²) in [5, 5.41) is 10.9. The lowest BCUT2D eigenvalue weighted by Gasteiger charge is -2.41. The van der Waals surface area contributed by atoms with Crippen LogP contribution >= 0.6 is 0 Å². The van der Waals surface area contributed by atoms with Crippen LogP contribution in [0.2, 0.25) is 0 Å². The maximum absolute atomic E-state index is 9.54. The van der Waals surface area contributed by atoms with Crippen molar-refractivity contribution in [1.29, 1.82) is 0 Å². The third-order valence-corrected chi connectivity index (χ3v) is 5.26. The molecule has 0 aliphatic carbocycles. The molecule has 3 nitrogen and oxygen atoms in total. The van der Waals surface area contributed by atoms with Crippen LogP contribution in [0.4, 0.5) is 5.82 Å². The van der Waals surface area contributed by atoms with Crippen molar-refractivity contribution >= 4 is 16.7 Å². The largest absolute Gasteiger partial charge is 0.396 e. The number of anilines is 1. The van der Waals surface area contributed by atoms with Gasteiger partial charge in [0.2, 0.25) is 0 Å². The SMILES string of the molecule is CC(CO)c1cccc2c3c(n(C)c12)N1CCC3CC1. The first-order valence-electron chi connectivity index (χ1n) is 7.69. The van der Waals surface area contributed by atoms with Gasteiger partial charge >= 0.3 is 0 Å². The van der Waals surface area contributed by atoms with Gasteiger partial charge in [-0.1, -0.05) is 25.1 Å². The molecule has 5 rings (SSSR count). The molecule has 2 aromatic rings. The number of aromatic nitrogens is 1. The minimum atomic E-state index is 0.196. The molecule has 1 saturated heterocycles. The standard InChI is InChI=1S/C17H22N2O/c1-11(10-20)13-4-3-5-14-15-12-6-8-19(9-7-12)17(15)18(2)16(13)14/h3-5,11-12,20H,6-10H2,1-2H3. The van der Waals surface area contributed by atoms with Gasteiger partial charge in [0.15, 0.2) is 0 Å². The fourth-order valence-corrected chi connectivity index (χ4v) is 4.22. The highest BCUT2D eigenvalue weighted by atomic mass is 16.3. The smallest absolute Gasteiger partial charge is 0.112 e. The van der Waals surface area contributed by atoms with Gasteiger partial charge in [-0.05, 0) is 24.3 Å². The molecule has 0 radical (unpaired) electrons. The molecule has 20 heavy (non-hydrogen) atoms. The fraction of sp³-hybridized carbons (Fsp3) is 0.529. The van der Waals surface area contributed by atoms with E-state index in [9.17, 15) is 5.11 Å². The first-order chi connectivity index (χ1) is 9.72. The number of aliphatic hydroxyl groups excluding tert-OH is 1. The number of piperidine rings is 1. The predicted octanol–water partition coefficient (Wildman–Crippen LogP) is 2.97. The highest BCUT2D eigenvalue weighted by Crippen LogP contribution is 2.48. The van der Waals surface area contributed by atoms with Crippen LogP contribution in [0.15, 0.2) is 18.2 Å². The minimum absolute atomic E-state index is 0.196. The lowest BCUT2D eigenvalue weighted by atomic mass is 9.84. The molecule has 0 spiro atoms. The first kappa shape index (κ1) is 12.3. The normalized spacial score (nSPS) is 19.6. The van der Waals surface area contributed by atoms with Crippen LogP contribution < -0.4 is 4.90 Å². The molecule has 1 aromatic carbocycles. The number of benzene rings is 1. The van der Waals surface area contributed by atoms with E-state index >= 15 is 0 Å². The maximum Gasteiger partial charge on any atom is 0.112 e. The van der Waals surface area contributed by atoms with Crippen LogP contribution in [0.5, 0.6) is 0 Å². The van der Waals surface area contributed by atoms with Gasteiger partial charge in [0, 0.05) is 43.6 Å². The Labute approximate surface area is 119 Å². The average Bonchev–Trinajstić information content (AvgIpc) is 2.84. The van der Waals surface area contributed by atoms with Crippen LogP contribution in [-0.4, -0.2) is 29.4 Å². The van der Waals surface area contributed by atoms with Crippen LogP contribution in [0, 0.1) is 0 Å². The van der Waals surface area contributed by atoms with E-state index in [0.717, 1.165) is 5.92 Å². The number of para-hydroxylation sites is 1. The van der Waals surface area contributed by atoms with Crippen molar-refractivity contribution in [3.8, 4) is 0 Å². The summed E-state index contributed by atoms with van der Waals surface area (Å²) in [6.45, 7) is 4.72. The monoisotopic (exact) mass is 270 g/mol. The van der Waals surface area contributed by atoms with Crippen molar-refractivity contribution in [2.45, 2.75) is 31.6 Å². The van der Waals surface area contributed by atoms with Gasteiger partial charge in [-0.3, -0.25) is 0 Å². The van der Waals surface area contributed by atoms with Crippen molar-refractivity contribution in [2.24, 2.45) is 7.05 Å². The van der Waals surface area contributed by atoms with E-state index in [-0.39, 0.29) is 12.5 Å². The molecule has 2 bridgehead atoms. The van der Waals surface area contributed by atoms with E-state index in [1.807, 2.05) is 0 Å². The third kappa shape index (κ3) is 1.44. The summed E-state index contributed by atoms with van der Waals surface area (Å²) in [4.78, 5) is 2.54. The second-order valence-electron chi connectivity index (χ2n) is 6.38. The third-order valence-electron chi connectivity index (χ3n) is 5.26. The van der Waals surface area contributed by atoms with Crippen LogP contribution in [0.3, 0.4) is 0 Å². The molecule has 3 heteroatoms. The molecule has 1 unspecified atom stereocenters. The summed E-state index contributed by atoms with van der Waals surface area (Å²) in [7, 11) is 2.19. The molecule has 0 saturated carbocycles. The summed E-state index contributed by atoms with van der Waals surface area (Å²) in [6, 6.07) is 6.59. The average molecular weight is 270 g/mol. The van der Waals surface area contributed by atoms with Crippen molar-refractivity contribution in [1.82, 2.24) is 4.57 Å². The molecule has 1 fully saturated rings. The summed E-state index contributed by atoms with van der Waals surface area (Å²) in [5.74, 6) is 2.36. The fourth-order valence-electron chi connectivity index (χ4n) is 4.22. The Morgan fingerprint density at radius 1 is 1.30 bits per heavy atom. The Bertz CT molecular complexity index is 665. The number of nitrogens with zero attached hydrogens (tertiary/aromatic N) is 2. The zero-order valence-corrected chi connectivity index (χ0v) is 12.3. The Kier molecular flexibility index (Phi) is 2.61. The van der Waals surface area contributed by atoms with Gasteiger partial charge < -0.3 is 14.6 Å². The van der Waals surface area contributed by atoms with E-state index in [0.29, 0.717) is 0 Å². The Hall–Kier alpha value is -1.48. The van der Waals surface area contributed by atoms with Gasteiger partial charge in [-0.2, -0.15) is 0 Å². The molecular weight excluding hydrogens is 248 g/mol. The summed E-state index contributed by atoms with van der Waals surface area (Å²) < 4.78 is 2.37. The van der Waals surface area contributed by atoms with Gasteiger partial charge in [-0.15, -0.1) is 0 Å². The highest BCUT2D eigenvalue weighted by Gasteiger charge is 2.35. The Balaban J connectivity index is 2.05. The Morgan fingerprint density at radius 2 is 2.05 bits per heavy atom. The number of fused-ring (bicyclic) bond motifs is 3. The number of aryl methyl sites for hydroxylation is 1. The van der Waals surface area contributed by atoms with E-state index in [1.54, 1.807) is 5.56 Å².